The Morgan fingerprint density at radius 2 is 2.39 bits per heavy atom. The van der Waals surface area contributed by atoms with Crippen molar-refractivity contribution in [2.24, 2.45) is 0 Å². The van der Waals surface area contributed by atoms with Gasteiger partial charge in [-0.25, -0.2) is 0 Å². The van der Waals surface area contributed by atoms with Gasteiger partial charge in [-0.1, -0.05) is 0 Å². The number of pyridine rings is 1. The second kappa shape index (κ2) is 4.40. The van der Waals surface area contributed by atoms with Crippen LogP contribution in [0.2, 0.25) is 0 Å². The molecule has 3 rings (SSSR count). The van der Waals surface area contributed by atoms with Gasteiger partial charge in [-0.15, -0.1) is 11.3 Å². The van der Waals surface area contributed by atoms with E-state index in [1.54, 1.807) is 12.3 Å². The van der Waals surface area contributed by atoms with Crippen LogP contribution in [-0.4, -0.2) is 19.5 Å². The standard InChI is InChI=1S/C12H11N3O2S/c1-8-10(3-2-4-13-8)17-11-9(7-16)15-5-6-18-12(15)14-11/h2-6,16H,7H2,1H3. The number of nitrogens with zero attached hydrogens (tertiary/aromatic N) is 3. The number of hydrogen-bond donors (Lipinski definition) is 1. The molecule has 92 valence electrons. The summed E-state index contributed by atoms with van der Waals surface area (Å²) in [7, 11) is 0. The zero-order valence-corrected chi connectivity index (χ0v) is 10.5. The Balaban J connectivity index is 2.04. The summed E-state index contributed by atoms with van der Waals surface area (Å²) in [5.74, 6) is 1.08. The Kier molecular flexibility index (Phi) is 2.73. The fraction of sp³-hybridized carbons (Fsp3) is 0.167. The molecule has 0 aromatic carbocycles. The van der Waals surface area contributed by atoms with E-state index < -0.39 is 0 Å². The molecule has 6 heteroatoms. The molecule has 3 aromatic rings. The van der Waals surface area contributed by atoms with Gasteiger partial charge in [0.15, 0.2) is 10.7 Å². The van der Waals surface area contributed by atoms with E-state index in [1.807, 2.05) is 29.0 Å². The quantitative estimate of drug-likeness (QED) is 0.786. The number of imidazole rings is 1. The van der Waals surface area contributed by atoms with Gasteiger partial charge in [-0.05, 0) is 19.1 Å². The maximum Gasteiger partial charge on any atom is 0.244 e. The van der Waals surface area contributed by atoms with Crippen molar-refractivity contribution < 1.29 is 9.84 Å². The summed E-state index contributed by atoms with van der Waals surface area (Å²) in [5.41, 5.74) is 1.44. The number of rotatable bonds is 3. The molecule has 3 heterocycles. The number of fused-ring (bicyclic) bond motifs is 1. The van der Waals surface area contributed by atoms with Crippen molar-refractivity contribution in [3.63, 3.8) is 0 Å². The fourth-order valence-corrected chi connectivity index (χ4v) is 2.44. The SMILES string of the molecule is Cc1ncccc1Oc1nc2sccn2c1CO. The molecule has 0 bridgehead atoms. The van der Waals surface area contributed by atoms with Crippen molar-refractivity contribution in [1.29, 1.82) is 0 Å². The smallest absolute Gasteiger partial charge is 0.244 e. The van der Waals surface area contributed by atoms with Crippen molar-refractivity contribution in [2.45, 2.75) is 13.5 Å². The zero-order valence-electron chi connectivity index (χ0n) is 9.70. The van der Waals surface area contributed by atoms with Crippen molar-refractivity contribution >= 4 is 16.3 Å². The monoisotopic (exact) mass is 261 g/mol. The first kappa shape index (κ1) is 11.2. The van der Waals surface area contributed by atoms with Gasteiger partial charge in [-0.2, -0.15) is 4.98 Å². The van der Waals surface area contributed by atoms with Crippen LogP contribution in [0.25, 0.3) is 4.96 Å². The molecule has 3 aromatic heterocycles. The molecule has 0 saturated carbocycles. The van der Waals surface area contributed by atoms with Gasteiger partial charge in [0.1, 0.15) is 5.69 Å². The number of aromatic nitrogens is 3. The molecule has 0 spiro atoms. The van der Waals surface area contributed by atoms with Gasteiger partial charge in [-0.3, -0.25) is 9.38 Å². The summed E-state index contributed by atoms with van der Waals surface area (Å²) in [6, 6.07) is 3.64. The van der Waals surface area contributed by atoms with Gasteiger partial charge in [0.2, 0.25) is 5.88 Å². The summed E-state index contributed by atoms with van der Waals surface area (Å²) in [6.07, 6.45) is 3.57. The van der Waals surface area contributed by atoms with Gasteiger partial charge in [0, 0.05) is 17.8 Å². The molecule has 0 aliphatic carbocycles. The van der Waals surface area contributed by atoms with Crippen molar-refractivity contribution in [3.8, 4) is 11.6 Å². The highest BCUT2D eigenvalue weighted by molar-refractivity contribution is 7.15. The minimum Gasteiger partial charge on any atom is -0.435 e. The lowest BCUT2D eigenvalue weighted by molar-refractivity contribution is 0.269. The van der Waals surface area contributed by atoms with Gasteiger partial charge < -0.3 is 9.84 Å². The van der Waals surface area contributed by atoms with Crippen molar-refractivity contribution in [2.75, 3.05) is 0 Å². The Morgan fingerprint density at radius 3 is 3.17 bits per heavy atom. The summed E-state index contributed by atoms with van der Waals surface area (Å²) in [6.45, 7) is 1.75. The van der Waals surface area contributed by atoms with Crippen LogP contribution < -0.4 is 4.74 Å². The van der Waals surface area contributed by atoms with E-state index >= 15 is 0 Å². The lowest BCUT2D eigenvalue weighted by atomic mass is 10.3. The summed E-state index contributed by atoms with van der Waals surface area (Å²) in [4.78, 5) is 9.31. The normalized spacial score (nSPS) is 11.0. The van der Waals surface area contributed by atoms with E-state index in [9.17, 15) is 5.11 Å². The predicted molar refractivity (Wildman–Crippen MR) is 68.0 cm³/mol. The van der Waals surface area contributed by atoms with Gasteiger partial charge in [0.25, 0.3) is 0 Å². The first-order valence-electron chi connectivity index (χ1n) is 5.44. The van der Waals surface area contributed by atoms with Crippen LogP contribution in [0.1, 0.15) is 11.4 Å². The Bertz CT molecular complexity index is 690. The molecule has 0 amide bonds. The third-order valence-corrected chi connectivity index (χ3v) is 3.40. The number of ether oxygens (including phenoxy) is 1. The summed E-state index contributed by atoms with van der Waals surface area (Å²) < 4.78 is 7.55. The van der Waals surface area contributed by atoms with E-state index in [1.165, 1.54) is 11.3 Å². The first-order valence-corrected chi connectivity index (χ1v) is 6.32. The maximum absolute atomic E-state index is 9.42. The molecule has 5 nitrogen and oxygen atoms in total. The largest absolute Gasteiger partial charge is 0.435 e. The minimum absolute atomic E-state index is 0.119. The minimum atomic E-state index is -0.119. The molecule has 0 fully saturated rings. The van der Waals surface area contributed by atoms with E-state index in [0.717, 1.165) is 10.7 Å². The topological polar surface area (TPSA) is 59.7 Å². The van der Waals surface area contributed by atoms with E-state index in [2.05, 4.69) is 9.97 Å². The predicted octanol–water partition coefficient (Wildman–Crippen LogP) is 2.38. The molecule has 0 radical (unpaired) electrons. The van der Waals surface area contributed by atoms with Crippen LogP contribution in [0.15, 0.2) is 29.9 Å². The number of aliphatic hydroxyl groups excluding tert-OH is 1. The zero-order chi connectivity index (χ0) is 12.5. The van der Waals surface area contributed by atoms with Crippen molar-refractivity contribution in [3.05, 3.63) is 41.3 Å². The van der Waals surface area contributed by atoms with Crippen LogP contribution in [0.5, 0.6) is 11.6 Å². The third-order valence-electron chi connectivity index (χ3n) is 2.64. The molecular formula is C12H11N3O2S. The second-order valence-electron chi connectivity index (χ2n) is 3.77. The number of aliphatic hydroxyl groups is 1. The van der Waals surface area contributed by atoms with Crippen LogP contribution in [0.3, 0.4) is 0 Å². The van der Waals surface area contributed by atoms with E-state index in [0.29, 0.717) is 17.3 Å². The Hall–Kier alpha value is -1.92. The molecule has 0 atom stereocenters. The molecule has 0 unspecified atom stereocenters. The van der Waals surface area contributed by atoms with E-state index in [4.69, 9.17) is 4.74 Å². The van der Waals surface area contributed by atoms with E-state index in [-0.39, 0.29) is 6.61 Å². The highest BCUT2D eigenvalue weighted by atomic mass is 32.1. The third kappa shape index (κ3) is 1.75. The maximum atomic E-state index is 9.42. The molecule has 0 aliphatic rings. The van der Waals surface area contributed by atoms with Gasteiger partial charge in [0.05, 0.1) is 12.3 Å². The van der Waals surface area contributed by atoms with Crippen LogP contribution in [0.4, 0.5) is 0 Å². The average Bonchev–Trinajstić information content (AvgIpc) is 2.92. The van der Waals surface area contributed by atoms with Crippen molar-refractivity contribution in [1.82, 2.24) is 14.4 Å². The van der Waals surface area contributed by atoms with Crippen LogP contribution in [0, 0.1) is 6.92 Å². The average molecular weight is 261 g/mol. The summed E-state index contributed by atoms with van der Waals surface area (Å²) >= 11 is 1.50. The number of hydrogen-bond acceptors (Lipinski definition) is 5. The molecule has 0 aliphatic heterocycles. The van der Waals surface area contributed by atoms with Crippen LogP contribution >= 0.6 is 11.3 Å². The lowest BCUT2D eigenvalue weighted by Crippen LogP contribution is -1.95. The second-order valence-corrected chi connectivity index (χ2v) is 4.64. The molecule has 1 N–H and O–H groups in total. The molecule has 18 heavy (non-hydrogen) atoms. The number of aryl methyl sites for hydroxylation is 1. The Morgan fingerprint density at radius 1 is 1.50 bits per heavy atom. The lowest BCUT2D eigenvalue weighted by Gasteiger charge is -2.06. The van der Waals surface area contributed by atoms with Gasteiger partial charge >= 0.3 is 0 Å². The Labute approximate surface area is 107 Å². The number of thiazole rings is 1. The first-order chi connectivity index (χ1) is 8.79. The molecule has 0 saturated heterocycles. The van der Waals surface area contributed by atoms with Crippen LogP contribution in [-0.2, 0) is 6.61 Å². The highest BCUT2D eigenvalue weighted by Gasteiger charge is 2.15. The highest BCUT2D eigenvalue weighted by Crippen LogP contribution is 2.28. The summed E-state index contributed by atoms with van der Waals surface area (Å²) in [5, 5.41) is 11.3. The fourth-order valence-electron chi connectivity index (χ4n) is 1.72. The molecular weight excluding hydrogens is 250 g/mol.